The van der Waals surface area contributed by atoms with E-state index in [2.05, 4.69) is 5.32 Å². The number of anilines is 3. The summed E-state index contributed by atoms with van der Waals surface area (Å²) in [6, 6.07) is 11.0. The Balaban J connectivity index is 2.33. The first kappa shape index (κ1) is 13.9. The summed E-state index contributed by atoms with van der Waals surface area (Å²) < 4.78 is 13.6. The third-order valence-electron chi connectivity index (χ3n) is 2.87. The van der Waals surface area contributed by atoms with Gasteiger partial charge in [0.2, 0.25) is 0 Å². The van der Waals surface area contributed by atoms with Crippen LogP contribution in [0, 0.1) is 5.82 Å². The number of rotatable bonds is 3. The highest BCUT2D eigenvalue weighted by Gasteiger charge is 2.13. The molecular formula is C15H16FN3O. The topological polar surface area (TPSA) is 58.4 Å². The lowest BCUT2D eigenvalue weighted by molar-refractivity contribution is 0.102. The molecule has 5 heteroatoms. The summed E-state index contributed by atoms with van der Waals surface area (Å²) in [6.45, 7) is 0. The zero-order valence-corrected chi connectivity index (χ0v) is 11.4. The lowest BCUT2D eigenvalue weighted by atomic mass is 10.1. The normalized spacial score (nSPS) is 10.2. The van der Waals surface area contributed by atoms with Crippen LogP contribution in [-0.2, 0) is 0 Å². The van der Waals surface area contributed by atoms with Crippen molar-refractivity contribution in [3.8, 4) is 0 Å². The summed E-state index contributed by atoms with van der Waals surface area (Å²) in [7, 11) is 3.70. The highest BCUT2D eigenvalue weighted by Crippen LogP contribution is 2.27. The van der Waals surface area contributed by atoms with Crippen molar-refractivity contribution in [1.29, 1.82) is 0 Å². The van der Waals surface area contributed by atoms with E-state index in [1.807, 2.05) is 19.0 Å². The number of carbonyl (C=O) groups is 1. The molecule has 1 amide bonds. The van der Waals surface area contributed by atoms with Crippen molar-refractivity contribution in [2.45, 2.75) is 0 Å². The molecule has 0 fully saturated rings. The van der Waals surface area contributed by atoms with E-state index in [4.69, 9.17) is 5.73 Å². The van der Waals surface area contributed by atoms with Gasteiger partial charge >= 0.3 is 0 Å². The van der Waals surface area contributed by atoms with Gasteiger partial charge in [-0.15, -0.1) is 0 Å². The lowest BCUT2D eigenvalue weighted by Gasteiger charge is -2.18. The van der Waals surface area contributed by atoms with Crippen molar-refractivity contribution < 1.29 is 9.18 Å². The van der Waals surface area contributed by atoms with Gasteiger partial charge in [0.05, 0.1) is 16.9 Å². The number of amides is 1. The SMILES string of the molecule is CN(C)c1ccc(N)cc1NC(=O)c1ccccc1F. The van der Waals surface area contributed by atoms with Gasteiger partial charge in [0.15, 0.2) is 0 Å². The summed E-state index contributed by atoms with van der Waals surface area (Å²) in [4.78, 5) is 14.0. The number of benzene rings is 2. The maximum absolute atomic E-state index is 13.6. The maximum atomic E-state index is 13.6. The predicted octanol–water partition coefficient (Wildman–Crippen LogP) is 2.73. The molecule has 2 rings (SSSR count). The molecule has 0 unspecified atom stereocenters. The Bertz CT molecular complexity index is 641. The van der Waals surface area contributed by atoms with Crippen LogP contribution >= 0.6 is 0 Å². The van der Waals surface area contributed by atoms with Gasteiger partial charge in [-0.05, 0) is 30.3 Å². The van der Waals surface area contributed by atoms with E-state index in [0.29, 0.717) is 11.4 Å². The lowest BCUT2D eigenvalue weighted by Crippen LogP contribution is -2.17. The van der Waals surface area contributed by atoms with Gasteiger partial charge in [-0.1, -0.05) is 12.1 Å². The summed E-state index contributed by atoms with van der Waals surface area (Å²) in [6.07, 6.45) is 0. The third-order valence-corrected chi connectivity index (χ3v) is 2.87. The first-order valence-electron chi connectivity index (χ1n) is 6.12. The summed E-state index contributed by atoms with van der Waals surface area (Å²) in [5.74, 6) is -1.06. The number of nitrogens with one attached hydrogen (secondary N) is 1. The fourth-order valence-electron chi connectivity index (χ4n) is 1.88. The van der Waals surface area contributed by atoms with Crippen molar-refractivity contribution in [1.82, 2.24) is 0 Å². The van der Waals surface area contributed by atoms with E-state index in [1.165, 1.54) is 18.2 Å². The molecule has 0 saturated heterocycles. The monoisotopic (exact) mass is 273 g/mol. The number of nitrogens with two attached hydrogens (primary N) is 1. The molecule has 0 bridgehead atoms. The van der Waals surface area contributed by atoms with Gasteiger partial charge in [-0.25, -0.2) is 4.39 Å². The first-order valence-corrected chi connectivity index (χ1v) is 6.12. The molecular weight excluding hydrogens is 257 g/mol. The average Bonchev–Trinajstić information content (AvgIpc) is 2.38. The Morgan fingerprint density at radius 1 is 1.20 bits per heavy atom. The van der Waals surface area contributed by atoms with E-state index < -0.39 is 11.7 Å². The van der Waals surface area contributed by atoms with Crippen LogP contribution in [0.3, 0.4) is 0 Å². The number of hydrogen-bond donors (Lipinski definition) is 2. The predicted molar refractivity (Wildman–Crippen MR) is 79.5 cm³/mol. The van der Waals surface area contributed by atoms with Crippen molar-refractivity contribution in [2.24, 2.45) is 0 Å². The summed E-state index contributed by atoms with van der Waals surface area (Å²) in [5.41, 5.74) is 7.59. The Morgan fingerprint density at radius 2 is 1.90 bits per heavy atom. The van der Waals surface area contributed by atoms with E-state index in [9.17, 15) is 9.18 Å². The second-order valence-corrected chi connectivity index (χ2v) is 4.60. The smallest absolute Gasteiger partial charge is 0.258 e. The highest BCUT2D eigenvalue weighted by molar-refractivity contribution is 6.06. The van der Waals surface area contributed by atoms with Crippen molar-refractivity contribution in [2.75, 3.05) is 30.0 Å². The van der Waals surface area contributed by atoms with Crippen LogP contribution in [0.1, 0.15) is 10.4 Å². The van der Waals surface area contributed by atoms with Crippen LogP contribution in [0.5, 0.6) is 0 Å². The van der Waals surface area contributed by atoms with E-state index in [0.717, 1.165) is 5.69 Å². The zero-order chi connectivity index (χ0) is 14.7. The largest absolute Gasteiger partial charge is 0.399 e. The number of nitrogen functional groups attached to an aromatic ring is 1. The molecule has 0 radical (unpaired) electrons. The number of hydrogen-bond acceptors (Lipinski definition) is 3. The molecule has 0 aliphatic carbocycles. The molecule has 104 valence electrons. The van der Waals surface area contributed by atoms with Crippen LogP contribution in [-0.4, -0.2) is 20.0 Å². The summed E-state index contributed by atoms with van der Waals surface area (Å²) >= 11 is 0. The number of halogens is 1. The Hall–Kier alpha value is -2.56. The minimum absolute atomic E-state index is 0.000342. The first-order chi connectivity index (χ1) is 9.49. The van der Waals surface area contributed by atoms with Crippen LogP contribution in [0.4, 0.5) is 21.5 Å². The Kier molecular flexibility index (Phi) is 3.89. The summed E-state index contributed by atoms with van der Waals surface area (Å²) in [5, 5.41) is 2.69. The molecule has 0 aliphatic rings. The molecule has 0 heterocycles. The Labute approximate surface area is 117 Å². The van der Waals surface area contributed by atoms with Gasteiger partial charge in [-0.2, -0.15) is 0 Å². The van der Waals surface area contributed by atoms with Crippen LogP contribution in [0.15, 0.2) is 42.5 Å². The van der Waals surface area contributed by atoms with Crippen molar-refractivity contribution >= 4 is 23.0 Å². The molecule has 0 aliphatic heterocycles. The minimum atomic E-state index is -0.555. The van der Waals surface area contributed by atoms with Crippen LogP contribution in [0.2, 0.25) is 0 Å². The molecule has 2 aromatic carbocycles. The number of nitrogens with zero attached hydrogens (tertiary/aromatic N) is 1. The molecule has 2 aromatic rings. The second-order valence-electron chi connectivity index (χ2n) is 4.60. The maximum Gasteiger partial charge on any atom is 0.258 e. The van der Waals surface area contributed by atoms with E-state index in [-0.39, 0.29) is 5.56 Å². The van der Waals surface area contributed by atoms with Crippen LogP contribution < -0.4 is 16.0 Å². The molecule has 0 atom stereocenters. The standard InChI is InChI=1S/C15H16FN3O/c1-19(2)14-8-7-10(17)9-13(14)18-15(20)11-5-3-4-6-12(11)16/h3-9H,17H2,1-2H3,(H,18,20). The molecule has 0 saturated carbocycles. The molecule has 0 spiro atoms. The van der Waals surface area contributed by atoms with E-state index >= 15 is 0 Å². The van der Waals surface area contributed by atoms with Crippen LogP contribution in [0.25, 0.3) is 0 Å². The van der Waals surface area contributed by atoms with Gasteiger partial charge < -0.3 is 16.0 Å². The highest BCUT2D eigenvalue weighted by atomic mass is 19.1. The fourth-order valence-corrected chi connectivity index (χ4v) is 1.88. The van der Waals surface area contributed by atoms with Gasteiger partial charge in [0.1, 0.15) is 5.82 Å². The molecule has 0 aromatic heterocycles. The zero-order valence-electron chi connectivity index (χ0n) is 11.4. The van der Waals surface area contributed by atoms with Crippen molar-refractivity contribution in [3.63, 3.8) is 0 Å². The quantitative estimate of drug-likeness (QED) is 0.845. The molecule has 3 N–H and O–H groups in total. The van der Waals surface area contributed by atoms with Gasteiger partial charge in [0.25, 0.3) is 5.91 Å². The van der Waals surface area contributed by atoms with E-state index in [1.54, 1.807) is 24.3 Å². The second kappa shape index (κ2) is 5.61. The van der Waals surface area contributed by atoms with Gasteiger partial charge in [0, 0.05) is 19.8 Å². The Morgan fingerprint density at radius 3 is 2.55 bits per heavy atom. The van der Waals surface area contributed by atoms with Crippen molar-refractivity contribution in [3.05, 3.63) is 53.8 Å². The minimum Gasteiger partial charge on any atom is -0.399 e. The number of carbonyl (C=O) groups excluding carboxylic acids is 1. The van der Waals surface area contributed by atoms with Gasteiger partial charge in [-0.3, -0.25) is 4.79 Å². The molecule has 20 heavy (non-hydrogen) atoms. The average molecular weight is 273 g/mol. The third kappa shape index (κ3) is 2.88. The molecule has 4 nitrogen and oxygen atoms in total. The fraction of sp³-hybridized carbons (Fsp3) is 0.133.